The largest absolute Gasteiger partial charge is 0.378 e. The zero-order valence-electron chi connectivity index (χ0n) is 14.6. The Balaban J connectivity index is 2.00. The van der Waals surface area contributed by atoms with Gasteiger partial charge < -0.3 is 15.4 Å². The molecule has 2 rings (SSSR count). The van der Waals surface area contributed by atoms with Gasteiger partial charge in [0, 0.05) is 31.2 Å². The van der Waals surface area contributed by atoms with Crippen LogP contribution in [-0.4, -0.2) is 37.3 Å². The van der Waals surface area contributed by atoms with E-state index in [1.54, 1.807) is 7.11 Å². The predicted octanol–water partition coefficient (Wildman–Crippen LogP) is 2.44. The second-order valence-electron chi connectivity index (χ2n) is 7.30. The van der Waals surface area contributed by atoms with Gasteiger partial charge in [-0.15, -0.1) is 0 Å². The number of guanidine groups is 1. The summed E-state index contributed by atoms with van der Waals surface area (Å²) in [5, 5.41) is 16.3. The molecule has 2 N–H and O–H groups in total. The van der Waals surface area contributed by atoms with E-state index < -0.39 is 0 Å². The molecular formula is C17H30N4O. The molecule has 0 heterocycles. The van der Waals surface area contributed by atoms with E-state index in [-0.39, 0.29) is 23.0 Å². The van der Waals surface area contributed by atoms with Gasteiger partial charge in [0.05, 0.1) is 17.6 Å². The van der Waals surface area contributed by atoms with Crippen molar-refractivity contribution in [2.45, 2.75) is 71.1 Å². The van der Waals surface area contributed by atoms with E-state index in [4.69, 9.17) is 4.74 Å². The lowest BCUT2D eigenvalue weighted by Crippen LogP contribution is -2.69. The molecule has 5 heteroatoms. The van der Waals surface area contributed by atoms with Crippen LogP contribution >= 0.6 is 0 Å². The minimum Gasteiger partial charge on any atom is -0.378 e. The fraction of sp³-hybridized carbons (Fsp3) is 0.882. The van der Waals surface area contributed by atoms with Crippen LogP contribution < -0.4 is 10.6 Å². The Labute approximate surface area is 134 Å². The van der Waals surface area contributed by atoms with Gasteiger partial charge in [-0.1, -0.05) is 13.8 Å². The number of nitrogens with zero attached hydrogens (tertiary/aromatic N) is 2. The van der Waals surface area contributed by atoms with Crippen LogP contribution in [0.5, 0.6) is 0 Å². The molecule has 22 heavy (non-hydrogen) atoms. The van der Waals surface area contributed by atoms with Gasteiger partial charge in [0.2, 0.25) is 0 Å². The van der Waals surface area contributed by atoms with Crippen molar-refractivity contribution in [3.8, 4) is 6.07 Å². The fourth-order valence-electron chi connectivity index (χ4n) is 3.64. The van der Waals surface area contributed by atoms with Crippen LogP contribution in [0.4, 0.5) is 0 Å². The van der Waals surface area contributed by atoms with Crippen molar-refractivity contribution in [1.82, 2.24) is 10.6 Å². The summed E-state index contributed by atoms with van der Waals surface area (Å²) in [4.78, 5) is 4.56. The standard InChI is InChI=1S/C17H30N4O/c1-6-19-15(20-13-9-7-8-12(13)11-18)21-14-10-17(4,22-5)16(14,2)3/h12-14H,6-10H2,1-5H3,(H2,19,20,21). The third kappa shape index (κ3) is 2.94. The molecule has 2 fully saturated rings. The predicted molar refractivity (Wildman–Crippen MR) is 88.6 cm³/mol. The lowest BCUT2D eigenvalue weighted by molar-refractivity contribution is -0.176. The monoisotopic (exact) mass is 306 g/mol. The Morgan fingerprint density at radius 1 is 1.32 bits per heavy atom. The number of nitrogens with one attached hydrogen (secondary N) is 2. The van der Waals surface area contributed by atoms with Crippen LogP contribution in [0, 0.1) is 22.7 Å². The number of ether oxygens (including phenoxy) is 1. The highest BCUT2D eigenvalue weighted by Gasteiger charge is 2.58. The minimum atomic E-state index is -0.0927. The van der Waals surface area contributed by atoms with Crippen molar-refractivity contribution in [3.63, 3.8) is 0 Å². The first-order valence-corrected chi connectivity index (χ1v) is 8.40. The van der Waals surface area contributed by atoms with E-state index >= 15 is 0 Å². The van der Waals surface area contributed by atoms with Crippen molar-refractivity contribution in [2.24, 2.45) is 16.3 Å². The summed E-state index contributed by atoms with van der Waals surface area (Å²) in [6.07, 6.45) is 4.12. The molecule has 4 unspecified atom stereocenters. The third-order valence-corrected chi connectivity index (χ3v) is 5.91. The van der Waals surface area contributed by atoms with Gasteiger partial charge >= 0.3 is 0 Å². The fourth-order valence-corrected chi connectivity index (χ4v) is 3.64. The molecule has 0 aromatic rings. The summed E-state index contributed by atoms with van der Waals surface area (Å²) >= 11 is 0. The van der Waals surface area contributed by atoms with Gasteiger partial charge in [0.1, 0.15) is 0 Å². The van der Waals surface area contributed by atoms with Crippen LogP contribution in [0.15, 0.2) is 4.99 Å². The third-order valence-electron chi connectivity index (χ3n) is 5.91. The molecular weight excluding hydrogens is 276 g/mol. The van der Waals surface area contributed by atoms with Crippen LogP contribution in [-0.2, 0) is 4.74 Å². The molecule has 4 atom stereocenters. The van der Waals surface area contributed by atoms with Gasteiger partial charge in [0.25, 0.3) is 0 Å². The molecule has 0 radical (unpaired) electrons. The molecule has 2 saturated carbocycles. The zero-order valence-corrected chi connectivity index (χ0v) is 14.6. The highest BCUT2D eigenvalue weighted by molar-refractivity contribution is 5.80. The maximum absolute atomic E-state index is 9.24. The molecule has 5 nitrogen and oxygen atoms in total. The first-order chi connectivity index (χ1) is 10.4. The second kappa shape index (κ2) is 6.45. The molecule has 2 aliphatic rings. The lowest BCUT2D eigenvalue weighted by atomic mass is 9.56. The van der Waals surface area contributed by atoms with E-state index in [9.17, 15) is 5.26 Å². The molecule has 0 bridgehead atoms. The van der Waals surface area contributed by atoms with Gasteiger partial charge in [-0.2, -0.15) is 5.26 Å². The molecule has 0 saturated heterocycles. The van der Waals surface area contributed by atoms with Crippen molar-refractivity contribution in [2.75, 3.05) is 13.7 Å². The van der Waals surface area contributed by atoms with Crippen LogP contribution in [0.1, 0.15) is 53.4 Å². The molecule has 0 aromatic heterocycles. The van der Waals surface area contributed by atoms with Gasteiger partial charge in [-0.25, -0.2) is 0 Å². The van der Waals surface area contributed by atoms with Crippen molar-refractivity contribution >= 4 is 5.96 Å². The number of hydrogen-bond acceptors (Lipinski definition) is 3. The topological polar surface area (TPSA) is 69.4 Å². The molecule has 2 aliphatic carbocycles. The number of nitriles is 1. The van der Waals surface area contributed by atoms with Gasteiger partial charge in [0.15, 0.2) is 5.96 Å². The Bertz CT molecular complexity index is 468. The first-order valence-electron chi connectivity index (χ1n) is 8.40. The Kier molecular flexibility index (Phi) is 5.01. The van der Waals surface area contributed by atoms with Crippen molar-refractivity contribution in [3.05, 3.63) is 0 Å². The summed E-state index contributed by atoms with van der Waals surface area (Å²) in [6, 6.07) is 2.97. The van der Waals surface area contributed by atoms with Crippen LogP contribution in [0.25, 0.3) is 0 Å². The number of hydrogen-bond donors (Lipinski definition) is 2. The number of methoxy groups -OCH3 is 1. The van der Waals surface area contributed by atoms with Gasteiger partial charge in [-0.3, -0.25) is 4.99 Å². The summed E-state index contributed by atoms with van der Waals surface area (Å²) in [5.74, 6) is 0.938. The second-order valence-corrected chi connectivity index (χ2v) is 7.30. The average Bonchev–Trinajstić information content (AvgIpc) is 2.93. The first kappa shape index (κ1) is 17.1. The Morgan fingerprint density at radius 3 is 2.59 bits per heavy atom. The molecule has 0 spiro atoms. The molecule has 0 aliphatic heterocycles. The highest BCUT2D eigenvalue weighted by Crippen LogP contribution is 2.51. The lowest BCUT2D eigenvalue weighted by Gasteiger charge is -2.59. The van der Waals surface area contributed by atoms with Crippen LogP contribution in [0.3, 0.4) is 0 Å². The summed E-state index contributed by atoms with van der Waals surface area (Å²) in [6.45, 7) is 9.39. The SMILES string of the molecule is CCN=C(NC1CCCC1C#N)NC1CC(C)(OC)C1(C)C. The minimum absolute atomic E-state index is 0.0439. The zero-order chi connectivity index (χ0) is 16.4. The maximum Gasteiger partial charge on any atom is 0.191 e. The van der Waals surface area contributed by atoms with E-state index in [2.05, 4.69) is 42.5 Å². The Hall–Kier alpha value is -1.28. The summed E-state index contributed by atoms with van der Waals surface area (Å²) < 4.78 is 5.69. The van der Waals surface area contributed by atoms with E-state index in [1.807, 2.05) is 6.92 Å². The molecule has 0 amide bonds. The van der Waals surface area contributed by atoms with Crippen LogP contribution in [0.2, 0.25) is 0 Å². The number of rotatable bonds is 4. The number of aliphatic imine (C=N–C) groups is 1. The van der Waals surface area contributed by atoms with Gasteiger partial charge in [-0.05, 0) is 39.5 Å². The van der Waals surface area contributed by atoms with Crippen molar-refractivity contribution in [1.29, 1.82) is 5.26 Å². The smallest absolute Gasteiger partial charge is 0.191 e. The quantitative estimate of drug-likeness (QED) is 0.618. The molecule has 0 aromatic carbocycles. The molecule has 124 valence electrons. The normalized spacial score (nSPS) is 37.3. The van der Waals surface area contributed by atoms with Crippen molar-refractivity contribution < 1.29 is 4.74 Å². The Morgan fingerprint density at radius 2 is 2.05 bits per heavy atom. The van der Waals surface area contributed by atoms with E-state index in [1.165, 1.54) is 0 Å². The summed E-state index contributed by atoms with van der Waals surface area (Å²) in [7, 11) is 1.79. The van der Waals surface area contributed by atoms with E-state index in [0.29, 0.717) is 6.04 Å². The van der Waals surface area contributed by atoms with E-state index in [0.717, 1.165) is 38.2 Å². The highest BCUT2D eigenvalue weighted by atomic mass is 16.5. The summed E-state index contributed by atoms with van der Waals surface area (Å²) in [5.41, 5.74) is -0.0488. The maximum atomic E-state index is 9.24. The average molecular weight is 306 g/mol.